The minimum atomic E-state index is -0.425. The molecule has 3 aromatic carbocycles. The number of para-hydroxylation sites is 1. The van der Waals surface area contributed by atoms with E-state index in [-0.39, 0.29) is 5.56 Å². The summed E-state index contributed by atoms with van der Waals surface area (Å²) in [5.41, 5.74) is 7.27. The number of pyridine rings is 1. The van der Waals surface area contributed by atoms with Crippen molar-refractivity contribution in [1.29, 1.82) is 0 Å². The van der Waals surface area contributed by atoms with Gasteiger partial charge in [0, 0.05) is 38.9 Å². The van der Waals surface area contributed by atoms with E-state index in [0.29, 0.717) is 11.4 Å². The van der Waals surface area contributed by atoms with Gasteiger partial charge in [0.05, 0.1) is 13.3 Å². The van der Waals surface area contributed by atoms with Gasteiger partial charge in [0.25, 0.3) is 5.91 Å². The highest BCUT2D eigenvalue weighted by atomic mass is 19.1. The Hall–Kier alpha value is -4.72. The predicted molar refractivity (Wildman–Crippen MR) is 136 cm³/mol. The van der Waals surface area contributed by atoms with Crippen molar-refractivity contribution in [2.45, 2.75) is 6.92 Å². The van der Waals surface area contributed by atoms with Crippen LogP contribution in [0.25, 0.3) is 21.8 Å². The largest absolute Gasteiger partial charge is 0.494 e. The second-order valence-electron chi connectivity index (χ2n) is 8.00. The van der Waals surface area contributed by atoms with Crippen molar-refractivity contribution < 1.29 is 13.9 Å². The molecule has 0 fully saturated rings. The smallest absolute Gasteiger partial charge is 0.287 e. The average molecular weight is 468 g/mol. The maximum Gasteiger partial charge on any atom is 0.287 e. The number of aromatic amines is 1. The molecule has 2 heterocycles. The zero-order chi connectivity index (χ0) is 24.4. The van der Waals surface area contributed by atoms with Crippen LogP contribution in [0, 0.1) is 12.7 Å². The maximum absolute atomic E-state index is 13.7. The molecule has 0 aliphatic heterocycles. The number of H-pyrrole nitrogens is 1. The summed E-state index contributed by atoms with van der Waals surface area (Å²) in [5, 5.41) is 9.11. The van der Waals surface area contributed by atoms with E-state index in [9.17, 15) is 9.18 Å². The molecule has 174 valence electrons. The Morgan fingerprint density at radius 3 is 2.77 bits per heavy atom. The van der Waals surface area contributed by atoms with Crippen molar-refractivity contribution in [3.63, 3.8) is 0 Å². The topological polar surface area (TPSA) is 91.4 Å². The molecule has 0 spiro atoms. The van der Waals surface area contributed by atoms with Gasteiger partial charge in [-0.05, 0) is 49.4 Å². The number of ether oxygens (including phenoxy) is 1. The van der Waals surface area contributed by atoms with Crippen LogP contribution in [-0.4, -0.2) is 29.2 Å². The summed E-state index contributed by atoms with van der Waals surface area (Å²) in [5.74, 6) is -0.124. The average Bonchev–Trinajstić information content (AvgIpc) is 3.28. The molecule has 0 unspecified atom stereocenters. The Labute approximate surface area is 200 Å². The lowest BCUT2D eigenvalue weighted by molar-refractivity contribution is 0.0951. The summed E-state index contributed by atoms with van der Waals surface area (Å²) in [6.45, 7) is 1.94. The summed E-state index contributed by atoms with van der Waals surface area (Å²) >= 11 is 0. The van der Waals surface area contributed by atoms with Crippen molar-refractivity contribution in [2.24, 2.45) is 5.10 Å². The molecule has 35 heavy (non-hydrogen) atoms. The number of hydrogen-bond donors (Lipinski definition) is 3. The number of nitrogens with one attached hydrogen (secondary N) is 3. The molecule has 0 bridgehead atoms. The number of benzene rings is 3. The van der Waals surface area contributed by atoms with E-state index >= 15 is 0 Å². The van der Waals surface area contributed by atoms with E-state index in [0.717, 1.165) is 38.9 Å². The number of aryl methyl sites for hydroxylation is 1. The van der Waals surface area contributed by atoms with Crippen LogP contribution < -0.4 is 15.5 Å². The quantitative estimate of drug-likeness (QED) is 0.221. The normalized spacial score (nSPS) is 11.3. The third-order valence-electron chi connectivity index (χ3n) is 5.57. The molecule has 0 atom stereocenters. The van der Waals surface area contributed by atoms with Gasteiger partial charge in [0.15, 0.2) is 0 Å². The monoisotopic (exact) mass is 467 g/mol. The number of nitrogens with zero attached hydrogens (tertiary/aromatic N) is 2. The van der Waals surface area contributed by atoms with Gasteiger partial charge in [-0.25, -0.2) is 14.8 Å². The molecule has 0 saturated heterocycles. The zero-order valence-electron chi connectivity index (χ0n) is 19.1. The number of carbonyl (C=O) groups excluding carboxylic acids is 1. The maximum atomic E-state index is 13.7. The lowest BCUT2D eigenvalue weighted by Crippen LogP contribution is -2.17. The number of halogens is 1. The number of hydrogen-bond acceptors (Lipinski definition) is 5. The van der Waals surface area contributed by atoms with Crippen LogP contribution in [0.5, 0.6) is 5.75 Å². The van der Waals surface area contributed by atoms with Crippen LogP contribution >= 0.6 is 0 Å². The van der Waals surface area contributed by atoms with Crippen molar-refractivity contribution in [2.75, 3.05) is 12.4 Å². The van der Waals surface area contributed by atoms with E-state index in [1.54, 1.807) is 31.4 Å². The van der Waals surface area contributed by atoms with Crippen LogP contribution in [0.2, 0.25) is 0 Å². The molecule has 0 saturated carbocycles. The Morgan fingerprint density at radius 2 is 1.94 bits per heavy atom. The molecule has 5 aromatic rings. The van der Waals surface area contributed by atoms with Crippen molar-refractivity contribution >= 4 is 45.3 Å². The van der Waals surface area contributed by atoms with Crippen LogP contribution in [0.3, 0.4) is 0 Å². The van der Waals surface area contributed by atoms with Gasteiger partial charge in [0.1, 0.15) is 22.8 Å². The molecule has 1 amide bonds. The number of anilines is 2. The summed E-state index contributed by atoms with van der Waals surface area (Å²) in [6.07, 6.45) is 1.27. The van der Waals surface area contributed by atoms with Crippen LogP contribution in [0.4, 0.5) is 15.8 Å². The van der Waals surface area contributed by atoms with Crippen molar-refractivity contribution in [3.8, 4) is 5.75 Å². The molecule has 0 aliphatic rings. The van der Waals surface area contributed by atoms with Crippen molar-refractivity contribution in [3.05, 3.63) is 95.6 Å². The summed E-state index contributed by atoms with van der Waals surface area (Å²) in [7, 11) is 1.63. The third kappa shape index (κ3) is 4.54. The van der Waals surface area contributed by atoms with Crippen LogP contribution in [0.1, 0.15) is 21.7 Å². The highest BCUT2D eigenvalue weighted by molar-refractivity contribution is 6.00. The van der Waals surface area contributed by atoms with E-state index in [1.165, 1.54) is 12.3 Å². The summed E-state index contributed by atoms with van der Waals surface area (Å²) in [4.78, 5) is 20.2. The number of amides is 1. The second-order valence-corrected chi connectivity index (χ2v) is 8.00. The zero-order valence-corrected chi connectivity index (χ0v) is 19.1. The molecular formula is C27H22FN5O2. The highest BCUT2D eigenvalue weighted by Gasteiger charge is 2.12. The van der Waals surface area contributed by atoms with E-state index in [4.69, 9.17) is 4.74 Å². The first-order valence-electron chi connectivity index (χ1n) is 10.9. The first-order chi connectivity index (χ1) is 17.0. The molecule has 2 aromatic heterocycles. The fourth-order valence-electron chi connectivity index (χ4n) is 3.91. The molecule has 0 radical (unpaired) electrons. The number of fused-ring (bicyclic) bond motifs is 2. The standard InChI is InChI=1S/C27H22FN5O2/c1-16-12-23(20-7-5-9-25(35-2)26(20)30-16)31-19-10-11-22-18(13-19)14-24(32-22)27(34)33-29-15-17-6-3-4-8-21(17)28/h3-15,32H,1-2H3,(H,30,31)(H,33,34)/b29-15+. The fourth-order valence-corrected chi connectivity index (χ4v) is 3.91. The first kappa shape index (κ1) is 22.1. The second kappa shape index (κ2) is 9.26. The minimum Gasteiger partial charge on any atom is -0.494 e. The summed E-state index contributed by atoms with van der Waals surface area (Å²) < 4.78 is 19.2. The molecule has 0 aliphatic carbocycles. The lowest BCUT2D eigenvalue weighted by Gasteiger charge is -2.13. The molecule has 7 nitrogen and oxygen atoms in total. The number of methoxy groups -OCH3 is 1. The van der Waals surface area contributed by atoms with Gasteiger partial charge in [-0.2, -0.15) is 5.10 Å². The lowest BCUT2D eigenvalue weighted by atomic mass is 10.1. The van der Waals surface area contributed by atoms with Crippen LogP contribution in [-0.2, 0) is 0 Å². The van der Waals surface area contributed by atoms with Gasteiger partial charge in [0.2, 0.25) is 0 Å². The molecular weight excluding hydrogens is 445 g/mol. The number of aromatic nitrogens is 2. The molecule has 5 rings (SSSR count). The number of rotatable bonds is 6. The third-order valence-corrected chi connectivity index (χ3v) is 5.57. The van der Waals surface area contributed by atoms with Crippen molar-refractivity contribution in [1.82, 2.24) is 15.4 Å². The SMILES string of the molecule is COc1cccc2c(Nc3ccc4[nH]c(C(=O)N/N=C/c5ccccc5F)cc4c3)cc(C)nc12. The predicted octanol–water partition coefficient (Wildman–Crippen LogP) is 5.68. The van der Waals surface area contributed by atoms with E-state index < -0.39 is 11.7 Å². The van der Waals surface area contributed by atoms with Gasteiger partial charge >= 0.3 is 0 Å². The van der Waals surface area contributed by atoms with Gasteiger partial charge in [-0.1, -0.05) is 30.3 Å². The van der Waals surface area contributed by atoms with Gasteiger partial charge < -0.3 is 15.0 Å². The molecule has 3 N–H and O–H groups in total. The Balaban J connectivity index is 1.38. The number of carbonyl (C=O) groups is 1. The van der Waals surface area contributed by atoms with Crippen LogP contribution in [0.15, 0.2) is 77.9 Å². The van der Waals surface area contributed by atoms with Gasteiger partial charge in [-0.3, -0.25) is 4.79 Å². The Kier molecular flexibility index (Phi) is 5.85. The first-order valence-corrected chi connectivity index (χ1v) is 10.9. The molecule has 8 heteroatoms. The highest BCUT2D eigenvalue weighted by Crippen LogP contribution is 2.32. The Morgan fingerprint density at radius 1 is 1.09 bits per heavy atom. The van der Waals surface area contributed by atoms with Gasteiger partial charge in [-0.15, -0.1) is 0 Å². The summed E-state index contributed by atoms with van der Waals surface area (Å²) in [6, 6.07) is 21.5. The van der Waals surface area contributed by atoms with E-state index in [1.807, 2.05) is 49.4 Å². The van der Waals surface area contributed by atoms with E-state index in [2.05, 4.69) is 25.8 Å². The Bertz CT molecular complexity index is 1590. The minimum absolute atomic E-state index is 0.289. The number of hydrazone groups is 1. The fraction of sp³-hybridized carbons (Fsp3) is 0.0741.